The van der Waals surface area contributed by atoms with Crippen LogP contribution in [0.5, 0.6) is 0 Å². The zero-order valence-corrected chi connectivity index (χ0v) is 15.3. The number of nitrogens with one attached hydrogen (secondary N) is 1. The van der Waals surface area contributed by atoms with Gasteiger partial charge < -0.3 is 10.1 Å². The minimum absolute atomic E-state index is 0.0905. The number of rotatable bonds is 10. The van der Waals surface area contributed by atoms with Gasteiger partial charge in [0, 0.05) is 12.6 Å². The highest BCUT2D eigenvalue weighted by Gasteiger charge is 2.44. The average Bonchev–Trinajstić information content (AvgIpc) is 2.46. The van der Waals surface area contributed by atoms with Crippen LogP contribution in [0.2, 0.25) is 0 Å². The van der Waals surface area contributed by atoms with E-state index in [-0.39, 0.29) is 5.60 Å². The maximum Gasteiger partial charge on any atom is 0.0834 e. The van der Waals surface area contributed by atoms with Crippen molar-refractivity contribution in [2.24, 2.45) is 5.41 Å². The van der Waals surface area contributed by atoms with Gasteiger partial charge in [0.25, 0.3) is 0 Å². The second-order valence-corrected chi connectivity index (χ2v) is 7.66. The first-order chi connectivity index (χ1) is 9.99. The number of hydrogen-bond donors (Lipinski definition) is 1. The Bertz CT molecular complexity index is 265. The lowest BCUT2D eigenvalue weighted by Crippen LogP contribution is -2.55. The SMILES string of the molecule is CCCCCC(NCCC)C1(OCC)CCC(C)(C)CC1. The Labute approximate surface area is 133 Å². The molecule has 0 spiro atoms. The summed E-state index contributed by atoms with van der Waals surface area (Å²) in [7, 11) is 0. The molecule has 0 amide bonds. The van der Waals surface area contributed by atoms with Crippen molar-refractivity contribution in [2.45, 2.75) is 104 Å². The summed E-state index contributed by atoms with van der Waals surface area (Å²) in [5.41, 5.74) is 0.590. The van der Waals surface area contributed by atoms with Crippen molar-refractivity contribution in [1.29, 1.82) is 0 Å². The zero-order valence-electron chi connectivity index (χ0n) is 15.3. The fourth-order valence-corrected chi connectivity index (χ4v) is 3.70. The summed E-state index contributed by atoms with van der Waals surface area (Å²) >= 11 is 0. The van der Waals surface area contributed by atoms with Gasteiger partial charge in [-0.2, -0.15) is 0 Å². The second kappa shape index (κ2) is 9.15. The molecule has 1 rings (SSSR count). The van der Waals surface area contributed by atoms with E-state index < -0.39 is 0 Å². The number of ether oxygens (including phenoxy) is 1. The Morgan fingerprint density at radius 2 is 1.62 bits per heavy atom. The number of unbranched alkanes of at least 4 members (excludes halogenated alkanes) is 2. The van der Waals surface area contributed by atoms with Crippen molar-refractivity contribution in [2.75, 3.05) is 13.2 Å². The third-order valence-electron chi connectivity index (χ3n) is 5.25. The smallest absolute Gasteiger partial charge is 0.0834 e. The molecule has 2 nitrogen and oxygen atoms in total. The van der Waals surface area contributed by atoms with E-state index in [0.717, 1.165) is 13.2 Å². The Kier molecular flexibility index (Phi) is 8.26. The predicted octanol–water partition coefficient (Wildman–Crippen LogP) is 5.31. The van der Waals surface area contributed by atoms with Gasteiger partial charge in [0.05, 0.1) is 5.60 Å². The van der Waals surface area contributed by atoms with Gasteiger partial charge in [-0.25, -0.2) is 0 Å². The normalized spacial score (nSPS) is 22.1. The zero-order chi connectivity index (χ0) is 15.8. The van der Waals surface area contributed by atoms with Crippen LogP contribution in [0.25, 0.3) is 0 Å². The van der Waals surface area contributed by atoms with E-state index in [2.05, 4.69) is 39.9 Å². The molecule has 21 heavy (non-hydrogen) atoms. The van der Waals surface area contributed by atoms with Crippen molar-refractivity contribution in [3.05, 3.63) is 0 Å². The van der Waals surface area contributed by atoms with E-state index in [4.69, 9.17) is 4.74 Å². The molecule has 0 heterocycles. The van der Waals surface area contributed by atoms with Crippen LogP contribution in [0.15, 0.2) is 0 Å². The van der Waals surface area contributed by atoms with E-state index in [1.54, 1.807) is 0 Å². The summed E-state index contributed by atoms with van der Waals surface area (Å²) < 4.78 is 6.39. The van der Waals surface area contributed by atoms with E-state index in [0.29, 0.717) is 11.5 Å². The molecule has 1 saturated carbocycles. The van der Waals surface area contributed by atoms with E-state index >= 15 is 0 Å². The molecule has 0 saturated heterocycles. The van der Waals surface area contributed by atoms with Crippen LogP contribution in [0.3, 0.4) is 0 Å². The van der Waals surface area contributed by atoms with Crippen molar-refractivity contribution in [3.63, 3.8) is 0 Å². The summed E-state index contributed by atoms with van der Waals surface area (Å²) in [6.07, 6.45) is 11.5. The van der Waals surface area contributed by atoms with Crippen molar-refractivity contribution < 1.29 is 4.74 Å². The maximum absolute atomic E-state index is 6.39. The molecule has 0 aromatic carbocycles. The van der Waals surface area contributed by atoms with Gasteiger partial charge in [-0.3, -0.25) is 0 Å². The third-order valence-corrected chi connectivity index (χ3v) is 5.25. The largest absolute Gasteiger partial charge is 0.374 e. The third kappa shape index (κ3) is 5.90. The van der Waals surface area contributed by atoms with Gasteiger partial charge in [-0.15, -0.1) is 0 Å². The first-order valence-electron chi connectivity index (χ1n) is 9.37. The van der Waals surface area contributed by atoms with Crippen LogP contribution in [0.1, 0.15) is 92.4 Å². The summed E-state index contributed by atoms with van der Waals surface area (Å²) in [6.45, 7) is 13.5. The predicted molar refractivity (Wildman–Crippen MR) is 92.8 cm³/mol. The lowest BCUT2D eigenvalue weighted by atomic mass is 9.67. The molecular weight excluding hydrogens is 258 g/mol. The van der Waals surface area contributed by atoms with Crippen LogP contribution in [-0.4, -0.2) is 24.8 Å². The summed E-state index contributed by atoms with van der Waals surface area (Å²) in [4.78, 5) is 0. The van der Waals surface area contributed by atoms with Gasteiger partial charge in [0.15, 0.2) is 0 Å². The highest BCUT2D eigenvalue weighted by molar-refractivity contribution is 4.98. The minimum Gasteiger partial charge on any atom is -0.374 e. The van der Waals surface area contributed by atoms with Gasteiger partial charge in [-0.05, 0) is 57.4 Å². The highest BCUT2D eigenvalue weighted by Crippen LogP contribution is 2.44. The summed E-state index contributed by atoms with van der Waals surface area (Å²) in [5.74, 6) is 0. The summed E-state index contributed by atoms with van der Waals surface area (Å²) in [6, 6.07) is 0.542. The Hall–Kier alpha value is -0.0800. The van der Waals surface area contributed by atoms with Crippen LogP contribution >= 0.6 is 0 Å². The average molecular weight is 298 g/mol. The highest BCUT2D eigenvalue weighted by atomic mass is 16.5. The minimum atomic E-state index is 0.0905. The van der Waals surface area contributed by atoms with Crippen LogP contribution in [0, 0.1) is 5.41 Å². The molecule has 0 radical (unpaired) electrons. The van der Waals surface area contributed by atoms with E-state index in [1.807, 2.05) is 0 Å². The molecule has 1 atom stereocenters. The Morgan fingerprint density at radius 1 is 0.952 bits per heavy atom. The van der Waals surface area contributed by atoms with Crippen LogP contribution in [-0.2, 0) is 4.74 Å². The van der Waals surface area contributed by atoms with E-state index in [1.165, 1.54) is 57.8 Å². The summed E-state index contributed by atoms with van der Waals surface area (Å²) in [5, 5.41) is 3.83. The Balaban J connectivity index is 2.75. The fraction of sp³-hybridized carbons (Fsp3) is 1.00. The van der Waals surface area contributed by atoms with Gasteiger partial charge in [-0.1, -0.05) is 47.0 Å². The molecule has 1 fully saturated rings. The Morgan fingerprint density at radius 3 is 2.14 bits per heavy atom. The monoisotopic (exact) mass is 297 g/mol. The first-order valence-corrected chi connectivity index (χ1v) is 9.37. The molecule has 1 aliphatic rings. The molecule has 126 valence electrons. The molecule has 1 aliphatic carbocycles. The van der Waals surface area contributed by atoms with Crippen LogP contribution in [0.4, 0.5) is 0 Å². The molecule has 0 aliphatic heterocycles. The molecule has 1 N–H and O–H groups in total. The standard InChI is InChI=1S/C19H39NO/c1-6-9-10-11-17(20-16-7-2)19(21-8-3)14-12-18(4,5)13-15-19/h17,20H,6-16H2,1-5H3. The molecule has 0 bridgehead atoms. The lowest BCUT2D eigenvalue weighted by molar-refractivity contribution is -0.108. The quantitative estimate of drug-likeness (QED) is 0.552. The fourth-order valence-electron chi connectivity index (χ4n) is 3.70. The van der Waals surface area contributed by atoms with Gasteiger partial charge >= 0.3 is 0 Å². The van der Waals surface area contributed by atoms with E-state index in [9.17, 15) is 0 Å². The molecular formula is C19H39NO. The molecule has 0 aromatic heterocycles. The van der Waals surface area contributed by atoms with Crippen molar-refractivity contribution in [3.8, 4) is 0 Å². The lowest BCUT2D eigenvalue weighted by Gasteiger charge is -2.48. The van der Waals surface area contributed by atoms with Gasteiger partial charge in [0.1, 0.15) is 0 Å². The second-order valence-electron chi connectivity index (χ2n) is 7.66. The molecule has 2 heteroatoms. The van der Waals surface area contributed by atoms with Crippen LogP contribution < -0.4 is 5.32 Å². The molecule has 0 aromatic rings. The first kappa shape index (κ1) is 19.0. The molecule has 1 unspecified atom stereocenters. The topological polar surface area (TPSA) is 21.3 Å². The van der Waals surface area contributed by atoms with Crippen molar-refractivity contribution >= 4 is 0 Å². The number of hydrogen-bond acceptors (Lipinski definition) is 2. The maximum atomic E-state index is 6.39. The van der Waals surface area contributed by atoms with Crippen molar-refractivity contribution in [1.82, 2.24) is 5.32 Å². The van der Waals surface area contributed by atoms with Gasteiger partial charge in [0.2, 0.25) is 0 Å².